The van der Waals surface area contributed by atoms with Crippen molar-refractivity contribution >= 4 is 12.0 Å². The monoisotopic (exact) mass is 239 g/mol. The summed E-state index contributed by atoms with van der Waals surface area (Å²) in [5.74, 6) is -0.456. The molecule has 0 aliphatic carbocycles. The van der Waals surface area contributed by atoms with Crippen LogP contribution in [0, 0.1) is 6.92 Å². The third-order valence-corrected chi connectivity index (χ3v) is 2.60. The van der Waals surface area contributed by atoms with Crippen molar-refractivity contribution in [2.75, 3.05) is 0 Å². The number of nitrogens with two attached hydrogens (primary N) is 1. The number of carbonyl (C=O) groups is 1. The lowest BCUT2D eigenvalue weighted by atomic mass is 10.0. The number of carbonyl (C=O) groups excluding carboxylic acids is 1. The summed E-state index contributed by atoms with van der Waals surface area (Å²) in [4.78, 5) is 18.7. The van der Waals surface area contributed by atoms with Crippen LogP contribution in [-0.2, 0) is 4.79 Å². The molecule has 0 saturated carbocycles. The first kappa shape index (κ1) is 12.0. The molecule has 90 valence electrons. The minimum Gasteiger partial charge on any atom is -0.366 e. The van der Waals surface area contributed by atoms with Crippen LogP contribution >= 0.6 is 0 Å². The van der Waals surface area contributed by atoms with Gasteiger partial charge in [0, 0.05) is 24.0 Å². The van der Waals surface area contributed by atoms with Gasteiger partial charge in [-0.3, -0.25) is 4.79 Å². The van der Waals surface area contributed by atoms with Gasteiger partial charge in [0.1, 0.15) is 6.33 Å². The molecule has 18 heavy (non-hydrogen) atoms. The van der Waals surface area contributed by atoms with Gasteiger partial charge in [0.05, 0.1) is 0 Å². The number of benzene rings is 1. The van der Waals surface area contributed by atoms with E-state index in [1.807, 2.05) is 25.1 Å². The third-order valence-electron chi connectivity index (χ3n) is 2.60. The van der Waals surface area contributed by atoms with Gasteiger partial charge in [-0.15, -0.1) is 0 Å². The Balaban J connectivity index is 2.41. The zero-order chi connectivity index (χ0) is 13.0. The van der Waals surface area contributed by atoms with Crippen LogP contribution < -0.4 is 5.73 Å². The summed E-state index contributed by atoms with van der Waals surface area (Å²) in [7, 11) is 0. The lowest BCUT2D eigenvalue weighted by Crippen LogP contribution is -2.05. The Hall–Kier alpha value is -2.49. The van der Waals surface area contributed by atoms with Gasteiger partial charge in [-0.05, 0) is 35.8 Å². The molecular formula is C14H13N3O. The van der Waals surface area contributed by atoms with Crippen LogP contribution in [0.3, 0.4) is 0 Å². The van der Waals surface area contributed by atoms with Crippen LogP contribution in [0.15, 0.2) is 43.0 Å². The summed E-state index contributed by atoms with van der Waals surface area (Å²) in [5, 5.41) is 0. The number of primary amides is 1. The van der Waals surface area contributed by atoms with Crippen molar-refractivity contribution in [3.05, 3.63) is 54.1 Å². The second kappa shape index (κ2) is 5.23. The largest absolute Gasteiger partial charge is 0.366 e. The SMILES string of the molecule is Cc1ccc(-c2cncnc2)cc1/C=C/C(N)=O. The third kappa shape index (κ3) is 2.79. The number of amides is 1. The Morgan fingerprint density at radius 3 is 2.61 bits per heavy atom. The van der Waals surface area contributed by atoms with Gasteiger partial charge in [0.2, 0.25) is 5.91 Å². The Bertz CT molecular complexity index is 591. The molecule has 0 saturated heterocycles. The number of hydrogen-bond acceptors (Lipinski definition) is 3. The second-order valence-corrected chi connectivity index (χ2v) is 3.93. The van der Waals surface area contributed by atoms with Crippen molar-refractivity contribution in [3.8, 4) is 11.1 Å². The maximum atomic E-state index is 10.8. The number of aryl methyl sites for hydroxylation is 1. The quantitative estimate of drug-likeness (QED) is 0.832. The van der Waals surface area contributed by atoms with E-state index in [1.165, 1.54) is 12.4 Å². The van der Waals surface area contributed by atoms with Crippen LogP contribution in [-0.4, -0.2) is 15.9 Å². The molecule has 0 aliphatic rings. The van der Waals surface area contributed by atoms with Crippen molar-refractivity contribution in [3.63, 3.8) is 0 Å². The van der Waals surface area contributed by atoms with Crippen molar-refractivity contribution < 1.29 is 4.79 Å². The highest BCUT2D eigenvalue weighted by molar-refractivity contribution is 5.90. The summed E-state index contributed by atoms with van der Waals surface area (Å²) >= 11 is 0. The summed E-state index contributed by atoms with van der Waals surface area (Å²) < 4.78 is 0. The molecule has 2 rings (SSSR count). The lowest BCUT2D eigenvalue weighted by Gasteiger charge is -2.05. The van der Waals surface area contributed by atoms with Gasteiger partial charge in [-0.25, -0.2) is 9.97 Å². The zero-order valence-corrected chi connectivity index (χ0v) is 10.00. The maximum absolute atomic E-state index is 10.8. The molecule has 0 unspecified atom stereocenters. The molecule has 1 amide bonds. The van der Waals surface area contributed by atoms with Gasteiger partial charge in [-0.1, -0.05) is 12.1 Å². The van der Waals surface area contributed by atoms with Gasteiger partial charge in [0.15, 0.2) is 0 Å². The predicted octanol–water partition coefficient (Wildman–Crippen LogP) is 1.95. The van der Waals surface area contributed by atoms with Gasteiger partial charge in [-0.2, -0.15) is 0 Å². The minimum atomic E-state index is -0.456. The number of rotatable bonds is 3. The topological polar surface area (TPSA) is 68.9 Å². The van der Waals surface area contributed by atoms with Gasteiger partial charge < -0.3 is 5.73 Å². The Labute approximate surface area is 105 Å². The molecule has 2 N–H and O–H groups in total. The van der Waals surface area contributed by atoms with E-state index in [9.17, 15) is 4.79 Å². The van der Waals surface area contributed by atoms with Gasteiger partial charge in [0.25, 0.3) is 0 Å². The Kier molecular flexibility index (Phi) is 3.48. The fraction of sp³-hybridized carbons (Fsp3) is 0.0714. The van der Waals surface area contributed by atoms with Crippen molar-refractivity contribution in [2.45, 2.75) is 6.92 Å². The van der Waals surface area contributed by atoms with E-state index in [-0.39, 0.29) is 0 Å². The summed E-state index contributed by atoms with van der Waals surface area (Å²) in [6.07, 6.45) is 8.06. The average molecular weight is 239 g/mol. The van der Waals surface area contributed by atoms with E-state index in [1.54, 1.807) is 18.5 Å². The number of hydrogen-bond donors (Lipinski definition) is 1. The number of aromatic nitrogens is 2. The molecule has 0 atom stereocenters. The van der Waals surface area contributed by atoms with E-state index < -0.39 is 5.91 Å². The first-order chi connectivity index (χ1) is 8.66. The molecule has 0 aliphatic heterocycles. The maximum Gasteiger partial charge on any atom is 0.241 e. The molecular weight excluding hydrogens is 226 g/mol. The van der Waals surface area contributed by atoms with Crippen molar-refractivity contribution in [2.24, 2.45) is 5.73 Å². The highest BCUT2D eigenvalue weighted by atomic mass is 16.1. The molecule has 1 aromatic carbocycles. The fourth-order valence-electron chi connectivity index (χ4n) is 1.62. The smallest absolute Gasteiger partial charge is 0.241 e. The molecule has 4 heteroatoms. The summed E-state index contributed by atoms with van der Waals surface area (Å²) in [6, 6.07) is 5.96. The van der Waals surface area contributed by atoms with Gasteiger partial charge >= 0.3 is 0 Å². The molecule has 0 radical (unpaired) electrons. The van der Waals surface area contributed by atoms with Crippen LogP contribution in [0.4, 0.5) is 0 Å². The summed E-state index contributed by atoms with van der Waals surface area (Å²) in [6.45, 7) is 1.98. The van der Waals surface area contributed by atoms with Crippen LogP contribution in [0.1, 0.15) is 11.1 Å². The predicted molar refractivity (Wildman–Crippen MR) is 70.4 cm³/mol. The zero-order valence-electron chi connectivity index (χ0n) is 10.00. The molecule has 0 bridgehead atoms. The first-order valence-electron chi connectivity index (χ1n) is 5.50. The standard InChI is InChI=1S/C14H13N3O/c1-10-2-3-12(13-7-16-9-17-8-13)6-11(10)4-5-14(15)18/h2-9H,1H3,(H2,15,18)/b5-4+. The normalized spacial score (nSPS) is 10.7. The molecule has 2 aromatic rings. The second-order valence-electron chi connectivity index (χ2n) is 3.93. The molecule has 0 spiro atoms. The van der Waals surface area contributed by atoms with Crippen LogP contribution in [0.2, 0.25) is 0 Å². The molecule has 1 heterocycles. The summed E-state index contributed by atoms with van der Waals surface area (Å²) in [5.41, 5.74) is 9.07. The van der Waals surface area contributed by atoms with E-state index in [0.717, 1.165) is 22.3 Å². The lowest BCUT2D eigenvalue weighted by molar-refractivity contribution is -0.113. The van der Waals surface area contributed by atoms with E-state index in [2.05, 4.69) is 9.97 Å². The minimum absolute atomic E-state index is 0.456. The average Bonchev–Trinajstić information content (AvgIpc) is 2.38. The highest BCUT2D eigenvalue weighted by Gasteiger charge is 2.01. The Morgan fingerprint density at radius 2 is 1.94 bits per heavy atom. The molecule has 4 nitrogen and oxygen atoms in total. The highest BCUT2D eigenvalue weighted by Crippen LogP contribution is 2.21. The fourth-order valence-corrected chi connectivity index (χ4v) is 1.62. The Morgan fingerprint density at radius 1 is 1.22 bits per heavy atom. The van der Waals surface area contributed by atoms with E-state index in [4.69, 9.17) is 5.73 Å². The first-order valence-corrected chi connectivity index (χ1v) is 5.50. The molecule has 1 aromatic heterocycles. The number of nitrogens with zero attached hydrogens (tertiary/aromatic N) is 2. The van der Waals surface area contributed by atoms with E-state index in [0.29, 0.717) is 0 Å². The van der Waals surface area contributed by atoms with E-state index >= 15 is 0 Å². The van der Waals surface area contributed by atoms with Crippen LogP contribution in [0.25, 0.3) is 17.2 Å². The van der Waals surface area contributed by atoms with Crippen LogP contribution in [0.5, 0.6) is 0 Å². The van der Waals surface area contributed by atoms with Crippen molar-refractivity contribution in [1.29, 1.82) is 0 Å². The molecule has 0 fully saturated rings. The van der Waals surface area contributed by atoms with Crippen molar-refractivity contribution in [1.82, 2.24) is 9.97 Å².